The highest BCUT2D eigenvalue weighted by molar-refractivity contribution is 5.84. The fourth-order valence-electron chi connectivity index (χ4n) is 4.71. The summed E-state index contributed by atoms with van der Waals surface area (Å²) >= 11 is 0. The van der Waals surface area contributed by atoms with E-state index in [1.54, 1.807) is 0 Å². The highest BCUT2D eigenvalue weighted by atomic mass is 16.2. The van der Waals surface area contributed by atoms with Crippen molar-refractivity contribution >= 4 is 5.91 Å². The summed E-state index contributed by atoms with van der Waals surface area (Å²) in [5.74, 6) is 0.399. The van der Waals surface area contributed by atoms with Crippen LogP contribution in [0.15, 0.2) is 54.9 Å². The Labute approximate surface area is 162 Å². The molecule has 4 rings (SSSR count). The van der Waals surface area contributed by atoms with Gasteiger partial charge in [0.1, 0.15) is 0 Å². The van der Waals surface area contributed by atoms with Gasteiger partial charge in [0, 0.05) is 38.6 Å². The number of nitrogens with zero attached hydrogens (tertiary/aromatic N) is 3. The summed E-state index contributed by atoms with van der Waals surface area (Å²) in [6.07, 6.45) is 9.02. The van der Waals surface area contributed by atoms with Gasteiger partial charge < -0.3 is 4.90 Å². The predicted molar refractivity (Wildman–Crippen MR) is 107 cm³/mol. The van der Waals surface area contributed by atoms with Gasteiger partial charge in [-0.1, -0.05) is 36.4 Å². The summed E-state index contributed by atoms with van der Waals surface area (Å²) in [5.41, 5.74) is 2.45. The van der Waals surface area contributed by atoms with E-state index >= 15 is 0 Å². The Bertz CT molecular complexity index is 749. The van der Waals surface area contributed by atoms with Gasteiger partial charge in [-0.25, -0.2) is 0 Å². The first-order valence-corrected chi connectivity index (χ1v) is 10.2. The van der Waals surface area contributed by atoms with Crippen LogP contribution in [0.4, 0.5) is 0 Å². The maximum Gasteiger partial charge on any atom is 0.230 e. The fraction of sp³-hybridized carbons (Fsp3) is 0.478. The molecule has 2 fully saturated rings. The van der Waals surface area contributed by atoms with Crippen LogP contribution >= 0.6 is 0 Å². The summed E-state index contributed by atoms with van der Waals surface area (Å²) in [4.78, 5) is 22.1. The molecule has 1 spiro atoms. The number of amides is 1. The number of pyridine rings is 1. The first kappa shape index (κ1) is 18.2. The molecule has 4 heteroatoms. The van der Waals surface area contributed by atoms with Crippen molar-refractivity contribution in [2.24, 2.45) is 5.41 Å². The van der Waals surface area contributed by atoms with Crippen molar-refractivity contribution in [3.63, 3.8) is 0 Å². The minimum atomic E-state index is -0.146. The first-order valence-electron chi connectivity index (χ1n) is 10.2. The largest absolute Gasteiger partial charge is 0.342 e. The lowest BCUT2D eigenvalue weighted by Crippen LogP contribution is -2.50. The zero-order chi connectivity index (χ0) is 18.5. The molecule has 0 N–H and O–H groups in total. The lowest BCUT2D eigenvalue weighted by Gasteiger charge is -2.39. The van der Waals surface area contributed by atoms with E-state index < -0.39 is 0 Å². The van der Waals surface area contributed by atoms with E-state index in [2.05, 4.69) is 51.2 Å². The topological polar surface area (TPSA) is 36.4 Å². The summed E-state index contributed by atoms with van der Waals surface area (Å²) in [7, 11) is 0. The lowest BCUT2D eigenvalue weighted by molar-refractivity contribution is -0.145. The Balaban J connectivity index is 1.33. The number of likely N-dealkylation sites (tertiary alicyclic amines) is 2. The molecule has 1 unspecified atom stereocenters. The van der Waals surface area contributed by atoms with Crippen molar-refractivity contribution in [1.29, 1.82) is 0 Å². The number of aryl methyl sites for hydroxylation is 1. The number of aromatic nitrogens is 1. The van der Waals surface area contributed by atoms with Crippen LogP contribution in [0.3, 0.4) is 0 Å². The molecule has 2 saturated heterocycles. The van der Waals surface area contributed by atoms with Gasteiger partial charge in [-0.3, -0.25) is 14.7 Å². The van der Waals surface area contributed by atoms with Gasteiger partial charge in [-0.05, 0) is 55.8 Å². The van der Waals surface area contributed by atoms with E-state index in [9.17, 15) is 4.79 Å². The van der Waals surface area contributed by atoms with Gasteiger partial charge in [0.05, 0.1) is 5.41 Å². The Kier molecular flexibility index (Phi) is 5.53. The number of carbonyl (C=O) groups is 1. The first-order chi connectivity index (χ1) is 13.3. The van der Waals surface area contributed by atoms with Crippen LogP contribution < -0.4 is 0 Å². The van der Waals surface area contributed by atoms with Crippen molar-refractivity contribution in [1.82, 2.24) is 14.8 Å². The van der Waals surface area contributed by atoms with Gasteiger partial charge in [-0.2, -0.15) is 0 Å². The maximum absolute atomic E-state index is 13.3. The van der Waals surface area contributed by atoms with Gasteiger partial charge in [0.25, 0.3) is 0 Å². The molecule has 1 aromatic heterocycles. The highest BCUT2D eigenvalue weighted by Crippen LogP contribution is 2.40. The quantitative estimate of drug-likeness (QED) is 0.788. The summed E-state index contributed by atoms with van der Waals surface area (Å²) < 4.78 is 0. The van der Waals surface area contributed by atoms with Crippen molar-refractivity contribution in [2.45, 2.75) is 38.6 Å². The molecular weight excluding hydrogens is 334 g/mol. The van der Waals surface area contributed by atoms with E-state index in [0.717, 1.165) is 64.8 Å². The van der Waals surface area contributed by atoms with Crippen LogP contribution in [-0.2, 0) is 17.8 Å². The average molecular weight is 364 g/mol. The molecule has 1 amide bonds. The lowest BCUT2D eigenvalue weighted by atomic mass is 9.78. The van der Waals surface area contributed by atoms with E-state index in [0.29, 0.717) is 5.91 Å². The SMILES string of the molecule is O=C1N(CCCc2ccccc2)CCCC12CCN(Cc1cccnc1)C2. The summed E-state index contributed by atoms with van der Waals surface area (Å²) in [5, 5.41) is 0. The predicted octanol–water partition coefficient (Wildman–Crippen LogP) is 3.53. The fourth-order valence-corrected chi connectivity index (χ4v) is 4.71. The van der Waals surface area contributed by atoms with Crippen molar-refractivity contribution in [2.75, 3.05) is 26.2 Å². The Hall–Kier alpha value is -2.20. The minimum absolute atomic E-state index is 0.146. The minimum Gasteiger partial charge on any atom is -0.342 e. The Morgan fingerprint density at radius 2 is 1.85 bits per heavy atom. The van der Waals surface area contributed by atoms with Crippen LogP contribution in [0.1, 0.15) is 36.8 Å². The van der Waals surface area contributed by atoms with E-state index in [4.69, 9.17) is 0 Å². The second kappa shape index (κ2) is 8.22. The standard InChI is InChI=1S/C23H29N3O/c27-22-23(12-16-25(19-23)18-21-9-4-13-24-17-21)11-6-15-26(22)14-5-10-20-7-2-1-3-8-20/h1-4,7-9,13,17H,5-6,10-12,14-16,18-19H2. The van der Waals surface area contributed by atoms with Crippen LogP contribution in [0.2, 0.25) is 0 Å². The third kappa shape index (κ3) is 4.22. The zero-order valence-electron chi connectivity index (χ0n) is 16.0. The van der Waals surface area contributed by atoms with Crippen molar-refractivity contribution in [3.05, 3.63) is 66.0 Å². The molecular formula is C23H29N3O. The molecule has 0 radical (unpaired) electrons. The van der Waals surface area contributed by atoms with E-state index in [1.807, 2.05) is 18.5 Å². The number of rotatable bonds is 6. The molecule has 3 heterocycles. The van der Waals surface area contributed by atoms with Crippen molar-refractivity contribution < 1.29 is 4.79 Å². The van der Waals surface area contributed by atoms with Crippen LogP contribution in [0, 0.1) is 5.41 Å². The molecule has 4 nitrogen and oxygen atoms in total. The van der Waals surface area contributed by atoms with Gasteiger partial charge >= 0.3 is 0 Å². The molecule has 1 aromatic carbocycles. The van der Waals surface area contributed by atoms with E-state index in [-0.39, 0.29) is 5.41 Å². The molecule has 27 heavy (non-hydrogen) atoms. The maximum atomic E-state index is 13.3. The third-order valence-electron chi connectivity index (χ3n) is 6.12. The second-order valence-electron chi connectivity index (χ2n) is 8.09. The average Bonchev–Trinajstić information content (AvgIpc) is 3.10. The van der Waals surface area contributed by atoms with Gasteiger partial charge in [0.15, 0.2) is 0 Å². The number of piperidine rings is 1. The van der Waals surface area contributed by atoms with Gasteiger partial charge in [0.2, 0.25) is 5.91 Å². The molecule has 2 aromatic rings. The summed E-state index contributed by atoms with van der Waals surface area (Å²) in [6, 6.07) is 14.7. The molecule has 2 aliphatic rings. The van der Waals surface area contributed by atoms with Gasteiger partial charge in [-0.15, -0.1) is 0 Å². The number of hydrogen-bond donors (Lipinski definition) is 0. The molecule has 0 saturated carbocycles. The van der Waals surface area contributed by atoms with Crippen LogP contribution in [0.5, 0.6) is 0 Å². The zero-order valence-corrected chi connectivity index (χ0v) is 16.0. The van der Waals surface area contributed by atoms with Crippen LogP contribution in [0.25, 0.3) is 0 Å². The normalized spacial score (nSPS) is 23.3. The molecule has 0 bridgehead atoms. The van der Waals surface area contributed by atoms with E-state index in [1.165, 1.54) is 11.1 Å². The second-order valence-corrected chi connectivity index (χ2v) is 8.09. The monoisotopic (exact) mass is 363 g/mol. The van der Waals surface area contributed by atoms with Crippen molar-refractivity contribution in [3.8, 4) is 0 Å². The smallest absolute Gasteiger partial charge is 0.230 e. The Morgan fingerprint density at radius 1 is 1.00 bits per heavy atom. The Morgan fingerprint density at radius 3 is 2.67 bits per heavy atom. The summed E-state index contributed by atoms with van der Waals surface area (Å²) in [6.45, 7) is 4.63. The number of carbonyl (C=O) groups excluding carboxylic acids is 1. The number of hydrogen-bond acceptors (Lipinski definition) is 3. The highest BCUT2D eigenvalue weighted by Gasteiger charge is 2.47. The third-order valence-corrected chi connectivity index (χ3v) is 6.12. The molecule has 2 aliphatic heterocycles. The molecule has 0 aliphatic carbocycles. The molecule has 142 valence electrons. The molecule has 1 atom stereocenters. The van der Waals surface area contributed by atoms with Crippen LogP contribution in [-0.4, -0.2) is 46.9 Å². The number of benzene rings is 1.